The second-order valence-electron chi connectivity index (χ2n) is 7.36. The van der Waals surface area contributed by atoms with Crippen molar-refractivity contribution in [1.82, 2.24) is 9.80 Å². The summed E-state index contributed by atoms with van der Waals surface area (Å²) in [5.41, 5.74) is 2.55. The number of benzene rings is 2. The molecule has 0 saturated carbocycles. The summed E-state index contributed by atoms with van der Waals surface area (Å²) in [6.45, 7) is 4.45. The Hall–Kier alpha value is -2.57. The number of fused-ring (bicyclic) bond motifs is 1. The average Bonchev–Trinajstić information content (AvgIpc) is 2.73. The highest BCUT2D eigenvalue weighted by molar-refractivity contribution is 6.30. The first-order chi connectivity index (χ1) is 14.1. The van der Waals surface area contributed by atoms with Crippen LogP contribution in [-0.4, -0.2) is 60.9 Å². The number of rotatable bonds is 5. The van der Waals surface area contributed by atoms with Crippen LogP contribution in [0.25, 0.3) is 0 Å². The maximum Gasteiger partial charge on any atom is 0.253 e. The number of halogens is 1. The number of hydrogen-bond donors (Lipinski definition) is 1. The Morgan fingerprint density at radius 2 is 1.90 bits per heavy atom. The minimum absolute atomic E-state index is 0.0343. The first-order valence-electron chi connectivity index (χ1n) is 9.91. The minimum atomic E-state index is 0.0343. The third-order valence-electron chi connectivity index (χ3n) is 5.38. The minimum Gasteiger partial charge on any atom is -0.492 e. The van der Waals surface area contributed by atoms with Crippen molar-refractivity contribution in [2.45, 2.75) is 12.8 Å². The van der Waals surface area contributed by atoms with Crippen molar-refractivity contribution in [3.05, 3.63) is 58.6 Å². The van der Waals surface area contributed by atoms with Gasteiger partial charge in [-0.25, -0.2) is 0 Å². The summed E-state index contributed by atoms with van der Waals surface area (Å²) in [6.07, 6.45) is 1.16. The molecule has 6 nitrogen and oxygen atoms in total. The van der Waals surface area contributed by atoms with Crippen molar-refractivity contribution >= 4 is 29.1 Å². The summed E-state index contributed by atoms with van der Waals surface area (Å²) in [4.78, 5) is 28.6. The molecule has 1 N–H and O–H groups in total. The molecule has 2 aliphatic heterocycles. The lowest BCUT2D eigenvalue weighted by Crippen LogP contribution is -2.49. The van der Waals surface area contributed by atoms with Crippen LogP contribution in [0, 0.1) is 0 Å². The molecule has 2 aliphatic rings. The summed E-state index contributed by atoms with van der Waals surface area (Å²) < 4.78 is 5.76. The van der Waals surface area contributed by atoms with Crippen LogP contribution in [0.2, 0.25) is 5.02 Å². The van der Waals surface area contributed by atoms with Gasteiger partial charge in [-0.15, -0.1) is 0 Å². The zero-order valence-electron chi connectivity index (χ0n) is 16.2. The lowest BCUT2D eigenvalue weighted by molar-refractivity contribution is -0.116. The van der Waals surface area contributed by atoms with Gasteiger partial charge in [-0.3, -0.25) is 14.5 Å². The van der Waals surface area contributed by atoms with Gasteiger partial charge in [-0.1, -0.05) is 17.7 Å². The Labute approximate surface area is 175 Å². The fourth-order valence-corrected chi connectivity index (χ4v) is 3.90. The average molecular weight is 414 g/mol. The van der Waals surface area contributed by atoms with Gasteiger partial charge in [-0.05, 0) is 48.4 Å². The molecule has 7 heteroatoms. The van der Waals surface area contributed by atoms with E-state index < -0.39 is 0 Å². The molecule has 2 aromatic carbocycles. The SMILES string of the molecule is O=C1CCc2cc(C(=O)N3CCN(CCOc4cccc(Cl)c4)CC3)ccc2N1. The van der Waals surface area contributed by atoms with Gasteiger partial charge in [0.15, 0.2) is 0 Å². The van der Waals surface area contributed by atoms with E-state index in [0.29, 0.717) is 43.1 Å². The van der Waals surface area contributed by atoms with Gasteiger partial charge in [0.05, 0.1) is 0 Å². The molecular weight excluding hydrogens is 390 g/mol. The lowest BCUT2D eigenvalue weighted by atomic mass is 10.00. The summed E-state index contributed by atoms with van der Waals surface area (Å²) in [7, 11) is 0. The molecule has 0 spiro atoms. The maximum absolute atomic E-state index is 12.9. The Bertz CT molecular complexity index is 910. The Morgan fingerprint density at radius 3 is 2.69 bits per heavy atom. The van der Waals surface area contributed by atoms with Crippen molar-refractivity contribution in [2.24, 2.45) is 0 Å². The lowest BCUT2D eigenvalue weighted by Gasteiger charge is -2.34. The first kappa shape index (κ1) is 19.7. The smallest absolute Gasteiger partial charge is 0.253 e. The highest BCUT2D eigenvalue weighted by Crippen LogP contribution is 2.24. The van der Waals surface area contributed by atoms with E-state index in [4.69, 9.17) is 16.3 Å². The molecule has 0 bridgehead atoms. The van der Waals surface area contributed by atoms with Gasteiger partial charge in [0.2, 0.25) is 5.91 Å². The predicted octanol–water partition coefficient (Wildman–Crippen LogP) is 3.06. The first-order valence-corrected chi connectivity index (χ1v) is 10.3. The standard InChI is InChI=1S/C22H24ClN3O3/c23-18-2-1-3-19(15-18)29-13-12-25-8-10-26(11-9-25)22(28)17-4-6-20-16(14-17)5-7-21(27)24-20/h1-4,6,14-15H,5,7-13H2,(H,24,27). The van der Waals surface area contributed by atoms with Crippen LogP contribution in [-0.2, 0) is 11.2 Å². The van der Waals surface area contributed by atoms with Gasteiger partial charge >= 0.3 is 0 Å². The molecule has 0 aromatic heterocycles. The molecule has 1 saturated heterocycles. The van der Waals surface area contributed by atoms with Crippen molar-refractivity contribution in [1.29, 1.82) is 0 Å². The summed E-state index contributed by atoms with van der Waals surface area (Å²) >= 11 is 5.97. The van der Waals surface area contributed by atoms with E-state index in [0.717, 1.165) is 36.6 Å². The van der Waals surface area contributed by atoms with Gasteiger partial charge in [-0.2, -0.15) is 0 Å². The molecule has 0 atom stereocenters. The fourth-order valence-electron chi connectivity index (χ4n) is 3.72. The highest BCUT2D eigenvalue weighted by atomic mass is 35.5. The van der Waals surface area contributed by atoms with Crippen LogP contribution < -0.4 is 10.1 Å². The third kappa shape index (κ3) is 4.89. The van der Waals surface area contributed by atoms with Crippen molar-refractivity contribution in [2.75, 3.05) is 44.6 Å². The van der Waals surface area contributed by atoms with Crippen LogP contribution in [0.1, 0.15) is 22.3 Å². The summed E-state index contributed by atoms with van der Waals surface area (Å²) in [5.74, 6) is 0.862. The van der Waals surface area contributed by atoms with E-state index in [2.05, 4.69) is 10.2 Å². The number of hydrogen-bond acceptors (Lipinski definition) is 4. The van der Waals surface area contributed by atoms with Crippen LogP contribution >= 0.6 is 11.6 Å². The van der Waals surface area contributed by atoms with E-state index >= 15 is 0 Å². The zero-order valence-corrected chi connectivity index (χ0v) is 17.0. The Kier molecular flexibility index (Phi) is 6.02. The Morgan fingerprint density at radius 1 is 1.07 bits per heavy atom. The predicted molar refractivity (Wildman–Crippen MR) is 113 cm³/mol. The van der Waals surface area contributed by atoms with Crippen molar-refractivity contribution in [3.63, 3.8) is 0 Å². The molecule has 0 aliphatic carbocycles. The van der Waals surface area contributed by atoms with Crippen LogP contribution in [0.5, 0.6) is 5.75 Å². The molecule has 0 unspecified atom stereocenters. The molecule has 2 heterocycles. The molecule has 2 aromatic rings. The fraction of sp³-hybridized carbons (Fsp3) is 0.364. The van der Waals surface area contributed by atoms with E-state index in [-0.39, 0.29) is 11.8 Å². The quantitative estimate of drug-likeness (QED) is 0.818. The van der Waals surface area contributed by atoms with Crippen LogP contribution in [0.15, 0.2) is 42.5 Å². The van der Waals surface area contributed by atoms with Gasteiger partial charge in [0.1, 0.15) is 12.4 Å². The zero-order chi connectivity index (χ0) is 20.2. The van der Waals surface area contributed by atoms with Gasteiger partial charge in [0.25, 0.3) is 5.91 Å². The summed E-state index contributed by atoms with van der Waals surface area (Å²) in [5, 5.41) is 3.52. The third-order valence-corrected chi connectivity index (χ3v) is 5.61. The van der Waals surface area contributed by atoms with E-state index in [9.17, 15) is 9.59 Å². The molecular formula is C22H24ClN3O3. The normalized spacial score (nSPS) is 16.9. The number of carbonyl (C=O) groups is 2. The number of anilines is 1. The summed E-state index contributed by atoms with van der Waals surface area (Å²) in [6, 6.07) is 13.0. The largest absolute Gasteiger partial charge is 0.492 e. The second kappa shape index (κ2) is 8.84. The van der Waals surface area contributed by atoms with Gasteiger partial charge < -0.3 is 15.0 Å². The molecule has 152 valence electrons. The van der Waals surface area contributed by atoms with E-state index in [1.807, 2.05) is 41.3 Å². The van der Waals surface area contributed by atoms with Crippen LogP contribution in [0.3, 0.4) is 0 Å². The topological polar surface area (TPSA) is 61.9 Å². The monoisotopic (exact) mass is 413 g/mol. The molecule has 4 rings (SSSR count). The van der Waals surface area contributed by atoms with Gasteiger partial charge in [0, 0.05) is 55.4 Å². The maximum atomic E-state index is 12.9. The number of nitrogens with zero attached hydrogens (tertiary/aromatic N) is 2. The Balaban J connectivity index is 1.26. The molecule has 29 heavy (non-hydrogen) atoms. The highest BCUT2D eigenvalue weighted by Gasteiger charge is 2.23. The number of carbonyl (C=O) groups excluding carboxylic acids is 2. The number of amides is 2. The van der Waals surface area contributed by atoms with Crippen molar-refractivity contribution in [3.8, 4) is 5.75 Å². The number of piperazine rings is 1. The molecule has 2 amide bonds. The van der Waals surface area contributed by atoms with Crippen LogP contribution in [0.4, 0.5) is 5.69 Å². The number of ether oxygens (including phenoxy) is 1. The van der Waals surface area contributed by atoms with E-state index in [1.165, 1.54) is 0 Å². The van der Waals surface area contributed by atoms with Crippen molar-refractivity contribution < 1.29 is 14.3 Å². The molecule has 1 fully saturated rings. The van der Waals surface area contributed by atoms with E-state index in [1.54, 1.807) is 6.07 Å². The number of aryl methyl sites for hydroxylation is 1. The number of nitrogens with one attached hydrogen (secondary N) is 1. The molecule has 0 radical (unpaired) electrons. The second-order valence-corrected chi connectivity index (χ2v) is 7.80.